The maximum absolute atomic E-state index is 13.0. The number of nitrogens with one attached hydrogen (secondary N) is 2. The SMILES string of the molecule is CCc1[nH]n(-c2ccccc2)c(=O)c1/C=C1\NC(=O)N(CC(=O)OCc2ccccc2)C1=O. The smallest absolute Gasteiger partial charge is 0.329 e. The maximum atomic E-state index is 13.0. The molecule has 0 bridgehead atoms. The predicted octanol–water partition coefficient (Wildman–Crippen LogP) is 2.36. The average molecular weight is 446 g/mol. The van der Waals surface area contributed by atoms with Gasteiger partial charge in [-0.25, -0.2) is 14.4 Å². The third kappa shape index (κ3) is 4.62. The summed E-state index contributed by atoms with van der Waals surface area (Å²) in [4.78, 5) is 51.0. The van der Waals surface area contributed by atoms with Gasteiger partial charge in [-0.15, -0.1) is 0 Å². The molecule has 1 aliphatic heterocycles. The first-order chi connectivity index (χ1) is 16.0. The van der Waals surface area contributed by atoms with Gasteiger partial charge in [-0.3, -0.25) is 19.5 Å². The van der Waals surface area contributed by atoms with Crippen LogP contribution in [0.3, 0.4) is 0 Å². The minimum Gasteiger partial charge on any atom is -0.459 e. The van der Waals surface area contributed by atoms with E-state index in [2.05, 4.69) is 10.4 Å². The summed E-state index contributed by atoms with van der Waals surface area (Å²) in [5.74, 6) is -1.42. The number of aromatic amines is 1. The topological polar surface area (TPSA) is 114 Å². The summed E-state index contributed by atoms with van der Waals surface area (Å²) in [7, 11) is 0. The van der Waals surface area contributed by atoms with Crippen LogP contribution in [0.25, 0.3) is 11.8 Å². The van der Waals surface area contributed by atoms with Gasteiger partial charge in [-0.05, 0) is 30.2 Å². The predicted molar refractivity (Wildman–Crippen MR) is 120 cm³/mol. The van der Waals surface area contributed by atoms with E-state index in [1.807, 2.05) is 43.3 Å². The highest BCUT2D eigenvalue weighted by Crippen LogP contribution is 2.16. The van der Waals surface area contributed by atoms with E-state index in [-0.39, 0.29) is 23.4 Å². The maximum Gasteiger partial charge on any atom is 0.329 e. The first-order valence-electron chi connectivity index (χ1n) is 10.4. The number of imide groups is 1. The molecule has 2 N–H and O–H groups in total. The first-order valence-corrected chi connectivity index (χ1v) is 10.4. The van der Waals surface area contributed by atoms with Crippen LogP contribution >= 0.6 is 0 Å². The molecule has 33 heavy (non-hydrogen) atoms. The Morgan fingerprint density at radius 3 is 2.33 bits per heavy atom. The van der Waals surface area contributed by atoms with Crippen molar-refractivity contribution in [3.63, 3.8) is 0 Å². The van der Waals surface area contributed by atoms with Crippen molar-refractivity contribution in [2.75, 3.05) is 6.54 Å². The molecule has 1 aromatic heterocycles. The zero-order valence-electron chi connectivity index (χ0n) is 17.9. The van der Waals surface area contributed by atoms with Crippen LogP contribution in [0.5, 0.6) is 0 Å². The van der Waals surface area contributed by atoms with Crippen LogP contribution in [0, 0.1) is 0 Å². The second kappa shape index (κ2) is 9.39. The molecule has 2 heterocycles. The number of H-pyrrole nitrogens is 1. The highest BCUT2D eigenvalue weighted by molar-refractivity contribution is 6.15. The lowest BCUT2D eigenvalue weighted by Crippen LogP contribution is -2.36. The lowest BCUT2D eigenvalue weighted by atomic mass is 10.1. The third-order valence-electron chi connectivity index (χ3n) is 5.15. The molecule has 168 valence electrons. The number of carbonyl (C=O) groups is 3. The summed E-state index contributed by atoms with van der Waals surface area (Å²) in [6.45, 7) is 1.37. The van der Waals surface area contributed by atoms with E-state index >= 15 is 0 Å². The third-order valence-corrected chi connectivity index (χ3v) is 5.15. The molecule has 0 spiro atoms. The summed E-state index contributed by atoms with van der Waals surface area (Å²) in [5, 5.41) is 5.48. The van der Waals surface area contributed by atoms with Crippen molar-refractivity contribution in [3.05, 3.63) is 93.5 Å². The summed E-state index contributed by atoms with van der Waals surface area (Å²) in [5.41, 5.74) is 1.87. The zero-order valence-corrected chi connectivity index (χ0v) is 17.9. The van der Waals surface area contributed by atoms with Gasteiger partial charge in [-0.2, -0.15) is 0 Å². The normalized spacial score (nSPS) is 14.6. The Balaban J connectivity index is 1.51. The van der Waals surface area contributed by atoms with E-state index in [4.69, 9.17) is 4.74 Å². The first kappa shape index (κ1) is 21.8. The molecule has 0 aliphatic carbocycles. The number of nitrogens with zero attached hydrogens (tertiary/aromatic N) is 2. The number of rotatable bonds is 7. The lowest BCUT2D eigenvalue weighted by molar-refractivity contribution is -0.147. The molecular formula is C24H22N4O5. The number of urea groups is 1. The number of hydrogen-bond acceptors (Lipinski definition) is 5. The van der Waals surface area contributed by atoms with Crippen LogP contribution in [0.15, 0.2) is 71.2 Å². The fraction of sp³-hybridized carbons (Fsp3) is 0.167. The number of para-hydroxylation sites is 1. The number of hydrogen-bond donors (Lipinski definition) is 2. The van der Waals surface area contributed by atoms with Crippen LogP contribution in [-0.2, 0) is 27.4 Å². The Bertz CT molecular complexity index is 1280. The number of carbonyl (C=O) groups excluding carboxylic acids is 3. The van der Waals surface area contributed by atoms with E-state index in [9.17, 15) is 19.2 Å². The Morgan fingerprint density at radius 2 is 1.67 bits per heavy atom. The van der Waals surface area contributed by atoms with Crippen molar-refractivity contribution in [1.82, 2.24) is 20.0 Å². The van der Waals surface area contributed by atoms with E-state index in [1.165, 1.54) is 10.8 Å². The molecule has 0 atom stereocenters. The summed E-state index contributed by atoms with van der Waals surface area (Å²) in [6, 6.07) is 17.3. The molecule has 1 saturated heterocycles. The number of ether oxygens (including phenoxy) is 1. The van der Waals surface area contributed by atoms with Crippen molar-refractivity contribution in [3.8, 4) is 5.69 Å². The Morgan fingerprint density at radius 1 is 1.00 bits per heavy atom. The van der Waals surface area contributed by atoms with Gasteiger partial charge in [0.2, 0.25) is 0 Å². The number of esters is 1. The summed E-state index contributed by atoms with van der Waals surface area (Å²) in [6.07, 6.45) is 1.85. The van der Waals surface area contributed by atoms with Gasteiger partial charge in [0.05, 0.1) is 11.3 Å². The quantitative estimate of drug-likeness (QED) is 0.329. The molecule has 0 saturated carbocycles. The fourth-order valence-corrected chi connectivity index (χ4v) is 3.45. The van der Waals surface area contributed by atoms with Crippen LogP contribution in [0.2, 0.25) is 0 Å². The van der Waals surface area contributed by atoms with Gasteiger partial charge in [0.15, 0.2) is 0 Å². The molecule has 1 fully saturated rings. The molecule has 3 amide bonds. The number of benzene rings is 2. The average Bonchev–Trinajstić information content (AvgIpc) is 3.29. The van der Waals surface area contributed by atoms with Gasteiger partial charge in [0, 0.05) is 5.69 Å². The Kier molecular flexibility index (Phi) is 6.21. The van der Waals surface area contributed by atoms with Crippen molar-refractivity contribution in [2.45, 2.75) is 20.0 Å². The van der Waals surface area contributed by atoms with Crippen LogP contribution in [0.4, 0.5) is 4.79 Å². The number of aryl methyl sites for hydroxylation is 1. The van der Waals surface area contributed by atoms with Gasteiger partial charge in [0.25, 0.3) is 11.5 Å². The highest BCUT2D eigenvalue weighted by Gasteiger charge is 2.35. The minimum absolute atomic E-state index is 0.0360. The zero-order chi connectivity index (χ0) is 23.4. The lowest BCUT2D eigenvalue weighted by Gasteiger charge is -2.11. The van der Waals surface area contributed by atoms with Crippen molar-refractivity contribution in [2.24, 2.45) is 0 Å². The second-order valence-electron chi connectivity index (χ2n) is 7.36. The van der Waals surface area contributed by atoms with E-state index in [0.29, 0.717) is 17.8 Å². The molecule has 1 aliphatic rings. The molecule has 9 nitrogen and oxygen atoms in total. The van der Waals surface area contributed by atoms with Crippen molar-refractivity contribution < 1.29 is 19.1 Å². The van der Waals surface area contributed by atoms with Crippen molar-refractivity contribution in [1.29, 1.82) is 0 Å². The molecule has 4 rings (SSSR count). The van der Waals surface area contributed by atoms with Crippen LogP contribution in [-0.4, -0.2) is 39.1 Å². The molecular weight excluding hydrogens is 424 g/mol. The highest BCUT2D eigenvalue weighted by atomic mass is 16.5. The van der Waals surface area contributed by atoms with Gasteiger partial charge < -0.3 is 10.1 Å². The van der Waals surface area contributed by atoms with Gasteiger partial charge in [-0.1, -0.05) is 55.5 Å². The summed E-state index contributed by atoms with van der Waals surface area (Å²) < 4.78 is 6.54. The Labute approximate surface area is 189 Å². The number of aromatic nitrogens is 2. The van der Waals surface area contributed by atoms with E-state index in [1.54, 1.807) is 24.3 Å². The Hall–Kier alpha value is -4.40. The molecule has 3 aromatic rings. The summed E-state index contributed by atoms with van der Waals surface area (Å²) >= 11 is 0. The molecule has 0 radical (unpaired) electrons. The van der Waals surface area contributed by atoms with Crippen molar-refractivity contribution >= 4 is 24.0 Å². The minimum atomic E-state index is -0.750. The van der Waals surface area contributed by atoms with E-state index < -0.39 is 24.5 Å². The fourth-order valence-electron chi connectivity index (χ4n) is 3.45. The van der Waals surface area contributed by atoms with Gasteiger partial charge >= 0.3 is 12.0 Å². The molecule has 9 heteroatoms. The molecule has 0 unspecified atom stereocenters. The largest absolute Gasteiger partial charge is 0.459 e. The number of amides is 3. The van der Waals surface area contributed by atoms with Gasteiger partial charge in [0.1, 0.15) is 18.8 Å². The van der Waals surface area contributed by atoms with Crippen LogP contribution in [0.1, 0.15) is 23.7 Å². The molecule has 2 aromatic carbocycles. The standard InChI is InChI=1S/C24H22N4O5/c1-2-19-18(22(30)28(26-19)17-11-7-4-8-12-17)13-20-23(31)27(24(32)25-20)14-21(29)33-15-16-9-5-3-6-10-16/h3-13,26H,2,14-15H2,1H3,(H,25,32)/b20-13-. The van der Waals surface area contributed by atoms with Crippen LogP contribution < -0.4 is 10.9 Å². The monoisotopic (exact) mass is 446 g/mol. The second-order valence-corrected chi connectivity index (χ2v) is 7.36. The van der Waals surface area contributed by atoms with E-state index in [0.717, 1.165) is 10.5 Å².